The Balaban J connectivity index is 0.00000280. The number of carbonyl (C=O) groups is 1. The molecule has 2 aliphatic rings. The van der Waals surface area contributed by atoms with Gasteiger partial charge in [0.05, 0.1) is 0 Å². The third kappa shape index (κ3) is 6.83. The Labute approximate surface area is 190 Å². The normalized spacial score (nSPS) is 22.7. The minimum Gasteiger partial charge on any atom is -0.354 e. The van der Waals surface area contributed by atoms with Gasteiger partial charge in [0, 0.05) is 44.4 Å². The molecule has 2 atom stereocenters. The lowest BCUT2D eigenvalue weighted by atomic mass is 9.95. The maximum Gasteiger partial charge on any atom is 0.222 e. The number of nitrogens with one attached hydrogen (secondary N) is 2. The first-order valence-electron chi connectivity index (χ1n) is 10.0. The third-order valence-electron chi connectivity index (χ3n) is 5.52. The molecule has 5 nitrogen and oxygen atoms in total. The van der Waals surface area contributed by atoms with Crippen molar-refractivity contribution in [3.63, 3.8) is 0 Å². The summed E-state index contributed by atoms with van der Waals surface area (Å²) in [6.45, 7) is 2.34. The van der Waals surface area contributed by atoms with E-state index in [0.717, 1.165) is 37.3 Å². The van der Waals surface area contributed by atoms with Crippen molar-refractivity contribution in [3.05, 3.63) is 35.4 Å². The molecule has 1 heterocycles. The van der Waals surface area contributed by atoms with Gasteiger partial charge >= 0.3 is 0 Å². The zero-order valence-electron chi connectivity index (χ0n) is 16.9. The van der Waals surface area contributed by atoms with Gasteiger partial charge in [-0.2, -0.15) is 11.8 Å². The Morgan fingerprint density at radius 2 is 2.11 bits per heavy atom. The second-order valence-electron chi connectivity index (χ2n) is 7.53. The molecule has 0 bridgehead atoms. The first kappa shape index (κ1) is 23.3. The van der Waals surface area contributed by atoms with E-state index in [1.807, 2.05) is 23.7 Å². The third-order valence-corrected chi connectivity index (χ3v) is 6.61. The van der Waals surface area contributed by atoms with Crippen LogP contribution in [0.2, 0.25) is 0 Å². The molecule has 1 aliphatic carbocycles. The van der Waals surface area contributed by atoms with Crippen LogP contribution in [0.3, 0.4) is 0 Å². The van der Waals surface area contributed by atoms with Gasteiger partial charge in [0.15, 0.2) is 5.96 Å². The molecule has 28 heavy (non-hydrogen) atoms. The predicted molar refractivity (Wildman–Crippen MR) is 129 cm³/mol. The van der Waals surface area contributed by atoms with Crippen LogP contribution in [0.5, 0.6) is 0 Å². The highest BCUT2D eigenvalue weighted by Crippen LogP contribution is 2.26. The molecule has 1 saturated carbocycles. The fourth-order valence-electron chi connectivity index (χ4n) is 3.99. The maximum atomic E-state index is 11.8. The Hall–Kier alpha value is -0.960. The van der Waals surface area contributed by atoms with E-state index in [2.05, 4.69) is 46.1 Å². The van der Waals surface area contributed by atoms with Crippen molar-refractivity contribution in [2.75, 3.05) is 19.8 Å². The number of halogens is 1. The summed E-state index contributed by atoms with van der Waals surface area (Å²) in [4.78, 5) is 18.2. The predicted octanol–water partition coefficient (Wildman–Crippen LogP) is 3.77. The van der Waals surface area contributed by atoms with Crippen molar-refractivity contribution in [2.45, 2.75) is 62.9 Å². The number of benzene rings is 1. The van der Waals surface area contributed by atoms with Gasteiger partial charge in [-0.15, -0.1) is 24.0 Å². The molecule has 1 aliphatic heterocycles. The van der Waals surface area contributed by atoms with Gasteiger partial charge in [0.2, 0.25) is 5.91 Å². The standard InChI is InChI=1S/C21H32N4OS.HI/c1-22-21(24-18-8-4-9-19(13-18)27-2)23-14-16-6-3-7-17(12-16)15-25-11-5-10-20(25)26;/h3,6-7,12,18-19H,4-5,8-11,13-15H2,1-2H3,(H2,22,23,24);1H. The van der Waals surface area contributed by atoms with Crippen molar-refractivity contribution in [1.82, 2.24) is 15.5 Å². The molecule has 1 aromatic carbocycles. The van der Waals surface area contributed by atoms with Gasteiger partial charge in [0.1, 0.15) is 0 Å². The van der Waals surface area contributed by atoms with Gasteiger partial charge in [-0.05, 0) is 43.1 Å². The fraction of sp³-hybridized carbons (Fsp3) is 0.619. The summed E-state index contributed by atoms with van der Waals surface area (Å²) < 4.78 is 0. The molecular formula is C21H33IN4OS. The molecule has 2 N–H and O–H groups in total. The van der Waals surface area contributed by atoms with E-state index in [-0.39, 0.29) is 29.9 Å². The topological polar surface area (TPSA) is 56.7 Å². The van der Waals surface area contributed by atoms with Crippen LogP contribution in [-0.4, -0.2) is 47.9 Å². The summed E-state index contributed by atoms with van der Waals surface area (Å²) in [5.74, 6) is 1.15. The van der Waals surface area contributed by atoms with Crippen LogP contribution in [0.25, 0.3) is 0 Å². The Kier molecular flexibility index (Phi) is 9.91. The summed E-state index contributed by atoms with van der Waals surface area (Å²) in [6.07, 6.45) is 8.94. The molecular weight excluding hydrogens is 483 g/mol. The Morgan fingerprint density at radius 1 is 1.29 bits per heavy atom. The molecule has 0 radical (unpaired) electrons. The summed E-state index contributed by atoms with van der Waals surface area (Å²) in [6, 6.07) is 9.01. The molecule has 156 valence electrons. The van der Waals surface area contributed by atoms with Crippen molar-refractivity contribution in [2.24, 2.45) is 4.99 Å². The number of amides is 1. The minimum atomic E-state index is 0. The van der Waals surface area contributed by atoms with Crippen LogP contribution < -0.4 is 10.6 Å². The highest BCUT2D eigenvalue weighted by Gasteiger charge is 2.22. The number of nitrogens with zero attached hydrogens (tertiary/aromatic N) is 2. The number of rotatable bonds is 6. The lowest BCUT2D eigenvalue weighted by Crippen LogP contribution is -2.45. The zero-order valence-corrected chi connectivity index (χ0v) is 20.1. The molecule has 1 aromatic rings. The largest absolute Gasteiger partial charge is 0.354 e. The van der Waals surface area contributed by atoms with Gasteiger partial charge < -0.3 is 15.5 Å². The molecule has 2 unspecified atom stereocenters. The monoisotopic (exact) mass is 516 g/mol. The van der Waals surface area contributed by atoms with Crippen LogP contribution in [0.4, 0.5) is 0 Å². The molecule has 7 heteroatoms. The number of carbonyl (C=O) groups excluding carboxylic acids is 1. The first-order valence-corrected chi connectivity index (χ1v) is 11.3. The molecule has 3 rings (SSSR count). The van der Waals surface area contributed by atoms with E-state index < -0.39 is 0 Å². The SMILES string of the molecule is CN=C(NCc1cccc(CN2CCCC2=O)c1)NC1CCCC(SC)C1.I. The minimum absolute atomic E-state index is 0. The molecule has 0 aromatic heterocycles. The summed E-state index contributed by atoms with van der Waals surface area (Å²) in [5, 5.41) is 7.80. The Bertz CT molecular complexity index is 670. The van der Waals surface area contributed by atoms with Crippen LogP contribution in [0, 0.1) is 0 Å². The number of aliphatic imine (C=N–C) groups is 1. The average molecular weight is 516 g/mol. The quantitative estimate of drug-likeness (QED) is 0.344. The number of hydrogen-bond donors (Lipinski definition) is 2. The lowest BCUT2D eigenvalue weighted by molar-refractivity contribution is -0.128. The van der Waals surface area contributed by atoms with Crippen LogP contribution in [0.1, 0.15) is 49.7 Å². The molecule has 2 fully saturated rings. The van der Waals surface area contributed by atoms with E-state index in [1.54, 1.807) is 0 Å². The average Bonchev–Trinajstić information content (AvgIpc) is 3.10. The van der Waals surface area contributed by atoms with Gasteiger partial charge in [-0.25, -0.2) is 0 Å². The number of thioether (sulfide) groups is 1. The smallest absolute Gasteiger partial charge is 0.222 e. The van der Waals surface area contributed by atoms with E-state index in [9.17, 15) is 4.79 Å². The van der Waals surface area contributed by atoms with E-state index in [0.29, 0.717) is 12.5 Å². The zero-order chi connectivity index (χ0) is 19.1. The molecule has 1 amide bonds. The lowest BCUT2D eigenvalue weighted by Gasteiger charge is -2.29. The highest BCUT2D eigenvalue weighted by molar-refractivity contribution is 14.0. The summed E-state index contributed by atoms with van der Waals surface area (Å²) in [7, 11) is 1.83. The van der Waals surface area contributed by atoms with Crippen molar-refractivity contribution >= 4 is 47.6 Å². The second kappa shape index (κ2) is 11.9. The number of guanidine groups is 1. The summed E-state index contributed by atoms with van der Waals surface area (Å²) >= 11 is 1.98. The van der Waals surface area contributed by atoms with E-state index in [1.165, 1.54) is 36.8 Å². The molecule has 1 saturated heterocycles. The fourth-order valence-corrected chi connectivity index (χ4v) is 4.82. The van der Waals surface area contributed by atoms with Crippen LogP contribution in [0.15, 0.2) is 29.3 Å². The van der Waals surface area contributed by atoms with E-state index in [4.69, 9.17) is 0 Å². The van der Waals surface area contributed by atoms with E-state index >= 15 is 0 Å². The van der Waals surface area contributed by atoms with Crippen molar-refractivity contribution < 1.29 is 4.79 Å². The summed E-state index contributed by atoms with van der Waals surface area (Å²) in [5.41, 5.74) is 2.41. The maximum absolute atomic E-state index is 11.8. The second-order valence-corrected chi connectivity index (χ2v) is 8.67. The van der Waals surface area contributed by atoms with Crippen molar-refractivity contribution in [1.29, 1.82) is 0 Å². The van der Waals surface area contributed by atoms with Gasteiger partial charge in [-0.3, -0.25) is 9.79 Å². The van der Waals surface area contributed by atoms with Crippen LogP contribution in [-0.2, 0) is 17.9 Å². The van der Waals surface area contributed by atoms with Gasteiger partial charge in [-0.1, -0.05) is 30.7 Å². The number of likely N-dealkylation sites (tertiary alicyclic amines) is 1. The van der Waals surface area contributed by atoms with Crippen LogP contribution >= 0.6 is 35.7 Å². The highest BCUT2D eigenvalue weighted by atomic mass is 127. The van der Waals surface area contributed by atoms with Crippen molar-refractivity contribution in [3.8, 4) is 0 Å². The molecule has 0 spiro atoms. The first-order chi connectivity index (χ1) is 13.2. The van der Waals surface area contributed by atoms with Gasteiger partial charge in [0.25, 0.3) is 0 Å². The Morgan fingerprint density at radius 3 is 2.82 bits per heavy atom. The number of hydrogen-bond acceptors (Lipinski definition) is 3.